The monoisotopic (exact) mass is 352 g/mol. The van der Waals surface area contributed by atoms with E-state index in [1.165, 1.54) is 10.4 Å². The van der Waals surface area contributed by atoms with Crippen molar-refractivity contribution in [2.75, 3.05) is 11.9 Å². The molecule has 1 atom stereocenters. The zero-order chi connectivity index (χ0) is 17.2. The van der Waals surface area contributed by atoms with Crippen molar-refractivity contribution in [1.82, 2.24) is 14.8 Å². The average Bonchev–Trinajstić information content (AvgIpc) is 3.30. The minimum absolute atomic E-state index is 0.00518. The molecule has 128 valence electrons. The molecule has 0 N–H and O–H groups in total. The van der Waals surface area contributed by atoms with Crippen LogP contribution < -0.4 is 4.90 Å². The summed E-state index contributed by atoms with van der Waals surface area (Å²) in [7, 11) is 1.80. The second kappa shape index (κ2) is 6.80. The van der Waals surface area contributed by atoms with Crippen molar-refractivity contribution in [3.05, 3.63) is 64.9 Å². The predicted octanol–water partition coefficient (Wildman–Crippen LogP) is 3.28. The van der Waals surface area contributed by atoms with Crippen LogP contribution in [0.2, 0.25) is 0 Å². The van der Waals surface area contributed by atoms with Crippen LogP contribution in [0.15, 0.2) is 48.8 Å². The Hall–Kier alpha value is -2.47. The van der Waals surface area contributed by atoms with Gasteiger partial charge in [0, 0.05) is 24.3 Å². The quantitative estimate of drug-likeness (QED) is 0.724. The molecule has 0 saturated heterocycles. The summed E-state index contributed by atoms with van der Waals surface area (Å²) in [5.74, 6) is 0.543. The fraction of sp³-hybridized carbons (Fsp3) is 0.316. The van der Waals surface area contributed by atoms with Gasteiger partial charge in [0.15, 0.2) is 5.13 Å². The molecule has 0 saturated carbocycles. The van der Waals surface area contributed by atoms with Crippen molar-refractivity contribution in [2.24, 2.45) is 0 Å². The molecule has 4 rings (SSSR count). The average molecular weight is 352 g/mol. The Labute approximate surface area is 150 Å². The van der Waals surface area contributed by atoms with E-state index in [0.717, 1.165) is 30.1 Å². The Morgan fingerprint density at radius 2 is 2.16 bits per heavy atom. The van der Waals surface area contributed by atoms with Crippen LogP contribution in [0.3, 0.4) is 0 Å². The van der Waals surface area contributed by atoms with Gasteiger partial charge in [-0.15, -0.1) is 11.3 Å². The minimum Gasteiger partial charge on any atom is -0.290 e. The molecule has 0 fully saturated rings. The lowest BCUT2D eigenvalue weighted by molar-refractivity contribution is -0.119. The number of aromatic nitrogens is 3. The van der Waals surface area contributed by atoms with Crippen LogP contribution in [0.1, 0.15) is 28.5 Å². The van der Waals surface area contributed by atoms with E-state index in [0.29, 0.717) is 5.92 Å². The van der Waals surface area contributed by atoms with E-state index in [-0.39, 0.29) is 12.5 Å². The molecule has 1 aliphatic carbocycles. The van der Waals surface area contributed by atoms with Gasteiger partial charge in [-0.1, -0.05) is 30.3 Å². The predicted molar refractivity (Wildman–Crippen MR) is 99.0 cm³/mol. The summed E-state index contributed by atoms with van der Waals surface area (Å²) < 4.78 is 1.64. The van der Waals surface area contributed by atoms with Crippen molar-refractivity contribution < 1.29 is 4.79 Å². The number of carbonyl (C=O) groups is 1. The first kappa shape index (κ1) is 16.0. The molecule has 2 aromatic heterocycles. The molecule has 5 nitrogen and oxygen atoms in total. The van der Waals surface area contributed by atoms with E-state index in [1.807, 2.05) is 6.07 Å². The number of carbonyl (C=O) groups excluding carboxylic acids is 1. The molecule has 2 heterocycles. The Kier molecular flexibility index (Phi) is 4.36. The maximum atomic E-state index is 12.4. The lowest BCUT2D eigenvalue weighted by Crippen LogP contribution is -2.30. The number of likely N-dealkylation sites (N-methyl/N-ethyl adjacent to an activating group) is 1. The second-order valence-corrected chi connectivity index (χ2v) is 7.44. The van der Waals surface area contributed by atoms with Gasteiger partial charge >= 0.3 is 0 Å². The lowest BCUT2D eigenvalue weighted by atomic mass is 9.85. The molecule has 6 heteroatoms. The summed E-state index contributed by atoms with van der Waals surface area (Å²) in [6, 6.07) is 12.5. The van der Waals surface area contributed by atoms with Gasteiger partial charge in [-0.05, 0) is 36.8 Å². The number of anilines is 1. The third-order valence-corrected chi connectivity index (χ3v) is 5.91. The van der Waals surface area contributed by atoms with Gasteiger partial charge < -0.3 is 0 Å². The van der Waals surface area contributed by atoms with E-state index < -0.39 is 0 Å². The number of amides is 1. The molecule has 0 aliphatic heterocycles. The highest BCUT2D eigenvalue weighted by atomic mass is 32.1. The Morgan fingerprint density at radius 3 is 2.92 bits per heavy atom. The maximum absolute atomic E-state index is 12.4. The van der Waals surface area contributed by atoms with E-state index in [1.54, 1.807) is 40.4 Å². The van der Waals surface area contributed by atoms with Crippen LogP contribution >= 0.6 is 11.3 Å². The van der Waals surface area contributed by atoms with Crippen LogP contribution in [0, 0.1) is 0 Å². The number of benzene rings is 1. The number of hydrogen-bond acceptors (Lipinski definition) is 4. The third-order valence-electron chi connectivity index (χ3n) is 4.72. The fourth-order valence-electron chi connectivity index (χ4n) is 3.26. The van der Waals surface area contributed by atoms with Gasteiger partial charge in [-0.2, -0.15) is 5.10 Å². The molecule has 0 unspecified atom stereocenters. The summed E-state index contributed by atoms with van der Waals surface area (Å²) in [6.45, 7) is 0.236. The minimum atomic E-state index is -0.00518. The largest absolute Gasteiger partial charge is 0.290 e. The van der Waals surface area contributed by atoms with Gasteiger partial charge in [0.05, 0.1) is 5.69 Å². The topological polar surface area (TPSA) is 51.0 Å². The molecule has 1 aromatic carbocycles. The van der Waals surface area contributed by atoms with Crippen molar-refractivity contribution in [2.45, 2.75) is 31.7 Å². The summed E-state index contributed by atoms with van der Waals surface area (Å²) >= 11 is 1.65. The van der Waals surface area contributed by atoms with E-state index >= 15 is 0 Å². The standard InChI is InChI=1S/C19H20N4OS/c1-22(18(24)13-23-11-5-10-20-23)19-21-16-9-8-15(12-17(16)25-19)14-6-3-2-4-7-14/h2-7,10-11,15H,8-9,12-13H2,1H3/t15-/m0/s1. The molecule has 3 aromatic rings. The first-order chi connectivity index (χ1) is 12.2. The van der Waals surface area contributed by atoms with Crippen LogP contribution in [0.25, 0.3) is 0 Å². The van der Waals surface area contributed by atoms with Gasteiger partial charge in [0.1, 0.15) is 6.54 Å². The number of nitrogens with zero attached hydrogens (tertiary/aromatic N) is 4. The summed E-state index contributed by atoms with van der Waals surface area (Å²) in [5, 5.41) is 4.88. The van der Waals surface area contributed by atoms with E-state index in [4.69, 9.17) is 4.98 Å². The molecule has 0 bridgehead atoms. The number of hydrogen-bond donors (Lipinski definition) is 0. The number of rotatable bonds is 4. The number of fused-ring (bicyclic) bond motifs is 1. The normalized spacial score (nSPS) is 16.4. The smallest absolute Gasteiger partial charge is 0.250 e. The first-order valence-corrected chi connectivity index (χ1v) is 9.30. The van der Waals surface area contributed by atoms with Gasteiger partial charge in [-0.25, -0.2) is 4.98 Å². The van der Waals surface area contributed by atoms with Crippen molar-refractivity contribution >= 4 is 22.4 Å². The highest BCUT2D eigenvalue weighted by molar-refractivity contribution is 7.15. The van der Waals surface area contributed by atoms with E-state index in [9.17, 15) is 4.79 Å². The summed E-state index contributed by atoms with van der Waals surface area (Å²) in [6.07, 6.45) is 6.58. The van der Waals surface area contributed by atoms with Crippen molar-refractivity contribution in [3.63, 3.8) is 0 Å². The van der Waals surface area contributed by atoms with Gasteiger partial charge in [0.2, 0.25) is 5.91 Å². The Morgan fingerprint density at radius 1 is 1.32 bits per heavy atom. The fourth-order valence-corrected chi connectivity index (χ4v) is 4.42. The highest BCUT2D eigenvalue weighted by Gasteiger charge is 2.25. The first-order valence-electron chi connectivity index (χ1n) is 8.48. The summed E-state index contributed by atoms with van der Waals surface area (Å²) in [5.41, 5.74) is 2.55. The van der Waals surface area contributed by atoms with Gasteiger partial charge in [-0.3, -0.25) is 14.4 Å². The van der Waals surface area contributed by atoms with Crippen molar-refractivity contribution in [3.8, 4) is 0 Å². The molecular weight excluding hydrogens is 332 g/mol. The number of aryl methyl sites for hydroxylation is 1. The third kappa shape index (κ3) is 3.35. The highest BCUT2D eigenvalue weighted by Crippen LogP contribution is 2.37. The Balaban J connectivity index is 1.49. The van der Waals surface area contributed by atoms with Crippen LogP contribution in [0.5, 0.6) is 0 Å². The second-order valence-electron chi connectivity index (χ2n) is 6.37. The lowest BCUT2D eigenvalue weighted by Gasteiger charge is -2.21. The van der Waals surface area contributed by atoms with E-state index in [2.05, 4.69) is 35.4 Å². The SMILES string of the molecule is CN(C(=O)Cn1cccn1)c1nc2c(s1)C[C@@H](c1ccccc1)CC2. The van der Waals surface area contributed by atoms with Crippen LogP contribution in [0.4, 0.5) is 5.13 Å². The van der Waals surface area contributed by atoms with Crippen LogP contribution in [-0.4, -0.2) is 27.7 Å². The van der Waals surface area contributed by atoms with Gasteiger partial charge in [0.25, 0.3) is 0 Å². The van der Waals surface area contributed by atoms with Crippen molar-refractivity contribution in [1.29, 1.82) is 0 Å². The zero-order valence-electron chi connectivity index (χ0n) is 14.1. The van der Waals surface area contributed by atoms with Crippen LogP contribution in [-0.2, 0) is 24.2 Å². The Bertz CT molecular complexity index is 857. The molecule has 0 radical (unpaired) electrons. The molecule has 0 spiro atoms. The molecule has 1 amide bonds. The molecular formula is C19H20N4OS. The summed E-state index contributed by atoms with van der Waals surface area (Å²) in [4.78, 5) is 20.1. The molecule has 25 heavy (non-hydrogen) atoms. The maximum Gasteiger partial charge on any atom is 0.250 e. The zero-order valence-corrected chi connectivity index (χ0v) is 14.9. The molecule has 1 aliphatic rings. The number of thiazole rings is 1.